The number of allylic oxidation sites excluding steroid dienone is 1. The van der Waals surface area contributed by atoms with Crippen molar-refractivity contribution in [1.29, 1.82) is 0 Å². The van der Waals surface area contributed by atoms with Crippen molar-refractivity contribution in [3.05, 3.63) is 57.6 Å². The maximum absolute atomic E-state index is 13.2. The highest BCUT2D eigenvalue weighted by molar-refractivity contribution is 6.30. The van der Waals surface area contributed by atoms with E-state index < -0.39 is 0 Å². The van der Waals surface area contributed by atoms with Crippen molar-refractivity contribution >= 4 is 17.5 Å². The first-order chi connectivity index (χ1) is 13.9. The lowest BCUT2D eigenvalue weighted by Gasteiger charge is -2.36. The molecule has 0 atom stereocenters. The predicted octanol–water partition coefficient (Wildman–Crippen LogP) is 3.82. The lowest BCUT2D eigenvalue weighted by molar-refractivity contribution is -0.127. The molecule has 156 valence electrons. The van der Waals surface area contributed by atoms with Crippen LogP contribution in [0.4, 0.5) is 0 Å². The first-order valence-electron chi connectivity index (χ1n) is 10.8. The van der Waals surface area contributed by atoms with Crippen LogP contribution in [0.5, 0.6) is 0 Å². The molecule has 5 heteroatoms. The van der Waals surface area contributed by atoms with Crippen molar-refractivity contribution in [3.63, 3.8) is 0 Å². The van der Waals surface area contributed by atoms with Crippen LogP contribution in [0, 0.1) is 0 Å². The molecule has 1 N–H and O–H groups in total. The summed E-state index contributed by atoms with van der Waals surface area (Å²) in [5, 5.41) is 4.13. The van der Waals surface area contributed by atoms with E-state index in [1.54, 1.807) is 0 Å². The number of piperazine rings is 1. The van der Waals surface area contributed by atoms with Crippen LogP contribution in [0.2, 0.25) is 5.02 Å². The van der Waals surface area contributed by atoms with Crippen LogP contribution in [-0.4, -0.2) is 60.5 Å². The molecule has 1 aromatic carbocycles. The zero-order valence-corrected chi connectivity index (χ0v) is 18.4. The second-order valence-electron chi connectivity index (χ2n) is 9.08. The van der Waals surface area contributed by atoms with Gasteiger partial charge >= 0.3 is 0 Å². The molecule has 0 bridgehead atoms. The molecule has 0 aromatic heterocycles. The summed E-state index contributed by atoms with van der Waals surface area (Å²) in [7, 11) is 0. The van der Waals surface area contributed by atoms with Crippen LogP contribution in [0.15, 0.2) is 47.1 Å². The van der Waals surface area contributed by atoms with Gasteiger partial charge < -0.3 is 10.2 Å². The number of rotatable bonds is 5. The standard InChI is InChI=1S/C24H32ClN3O/c1-24(2,11-10-18-6-8-20(25)9-7-18)28-16-19-4-3-5-21(22(19)17-28)23(29)27-14-12-26-13-15-27/h5-9,26H,3-4,10-17H2,1-2H3. The quantitative estimate of drug-likeness (QED) is 0.797. The van der Waals surface area contributed by atoms with Gasteiger partial charge in [0.25, 0.3) is 5.91 Å². The molecule has 0 radical (unpaired) electrons. The average Bonchev–Trinajstić information content (AvgIpc) is 3.19. The summed E-state index contributed by atoms with van der Waals surface area (Å²) in [5.41, 5.74) is 5.17. The van der Waals surface area contributed by atoms with E-state index in [1.165, 1.54) is 16.7 Å². The van der Waals surface area contributed by atoms with Crippen molar-refractivity contribution in [2.24, 2.45) is 0 Å². The fourth-order valence-electron chi connectivity index (χ4n) is 4.65. The number of benzene rings is 1. The minimum atomic E-state index is 0.0835. The number of nitrogens with one attached hydrogen (secondary N) is 1. The second-order valence-corrected chi connectivity index (χ2v) is 9.51. The van der Waals surface area contributed by atoms with E-state index in [1.807, 2.05) is 17.0 Å². The summed E-state index contributed by atoms with van der Waals surface area (Å²) in [6, 6.07) is 8.19. The van der Waals surface area contributed by atoms with Crippen molar-refractivity contribution < 1.29 is 4.79 Å². The zero-order valence-electron chi connectivity index (χ0n) is 17.6. The third kappa shape index (κ3) is 4.60. The highest BCUT2D eigenvalue weighted by Crippen LogP contribution is 2.37. The molecule has 1 aliphatic carbocycles. The van der Waals surface area contributed by atoms with Gasteiger partial charge in [-0.1, -0.05) is 35.4 Å². The Kier molecular flexibility index (Phi) is 6.14. The average molecular weight is 414 g/mol. The van der Waals surface area contributed by atoms with Gasteiger partial charge in [-0.15, -0.1) is 0 Å². The van der Waals surface area contributed by atoms with Crippen LogP contribution in [0.25, 0.3) is 0 Å². The molecule has 2 heterocycles. The van der Waals surface area contributed by atoms with Crippen molar-refractivity contribution in [3.8, 4) is 0 Å². The Bertz CT molecular complexity index is 819. The molecule has 29 heavy (non-hydrogen) atoms. The third-order valence-corrected chi connectivity index (χ3v) is 6.96. The number of carbonyl (C=O) groups excluding carboxylic acids is 1. The van der Waals surface area contributed by atoms with Gasteiger partial charge in [-0.2, -0.15) is 0 Å². The van der Waals surface area contributed by atoms with Crippen LogP contribution in [0.1, 0.15) is 38.7 Å². The largest absolute Gasteiger partial charge is 0.336 e. The number of carbonyl (C=O) groups is 1. The lowest BCUT2D eigenvalue weighted by atomic mass is 9.92. The molecule has 1 amide bonds. The van der Waals surface area contributed by atoms with Crippen LogP contribution in [-0.2, 0) is 11.2 Å². The van der Waals surface area contributed by atoms with E-state index >= 15 is 0 Å². The number of nitrogens with zero attached hydrogens (tertiary/aromatic N) is 2. The van der Waals surface area contributed by atoms with Gasteiger partial charge in [-0.25, -0.2) is 0 Å². The molecule has 4 nitrogen and oxygen atoms in total. The van der Waals surface area contributed by atoms with Crippen molar-refractivity contribution in [2.75, 3.05) is 39.3 Å². The maximum Gasteiger partial charge on any atom is 0.253 e. The number of hydrogen-bond acceptors (Lipinski definition) is 3. The highest BCUT2D eigenvalue weighted by atomic mass is 35.5. The Morgan fingerprint density at radius 2 is 1.86 bits per heavy atom. The number of halogens is 1. The van der Waals surface area contributed by atoms with Gasteiger partial charge in [0, 0.05) is 55.4 Å². The van der Waals surface area contributed by atoms with E-state index in [4.69, 9.17) is 11.6 Å². The summed E-state index contributed by atoms with van der Waals surface area (Å²) in [5.74, 6) is 0.236. The Hall–Kier alpha value is -1.62. The summed E-state index contributed by atoms with van der Waals surface area (Å²) >= 11 is 6.02. The van der Waals surface area contributed by atoms with Gasteiger partial charge in [-0.05, 0) is 62.8 Å². The Morgan fingerprint density at radius 1 is 1.14 bits per heavy atom. The fourth-order valence-corrected chi connectivity index (χ4v) is 4.77. The molecule has 4 rings (SSSR count). The molecular formula is C24H32ClN3O. The molecule has 3 aliphatic rings. The Balaban J connectivity index is 1.41. The second kappa shape index (κ2) is 8.63. The number of hydrogen-bond donors (Lipinski definition) is 1. The van der Waals surface area contributed by atoms with Gasteiger partial charge in [0.05, 0.1) is 0 Å². The molecule has 0 saturated carbocycles. The lowest BCUT2D eigenvalue weighted by Crippen LogP contribution is -2.47. The fraction of sp³-hybridized carbons (Fsp3) is 0.542. The van der Waals surface area contributed by atoms with Gasteiger partial charge in [0.1, 0.15) is 0 Å². The molecule has 1 fully saturated rings. The van der Waals surface area contributed by atoms with E-state index in [2.05, 4.69) is 42.3 Å². The highest BCUT2D eigenvalue weighted by Gasteiger charge is 2.37. The maximum atomic E-state index is 13.2. The third-order valence-electron chi connectivity index (χ3n) is 6.71. The van der Waals surface area contributed by atoms with Crippen molar-refractivity contribution in [1.82, 2.24) is 15.1 Å². The Labute approximate surface area is 179 Å². The van der Waals surface area contributed by atoms with E-state index in [-0.39, 0.29) is 11.4 Å². The van der Waals surface area contributed by atoms with Gasteiger partial charge in [-0.3, -0.25) is 9.69 Å². The molecule has 1 saturated heterocycles. The smallest absolute Gasteiger partial charge is 0.253 e. The van der Waals surface area contributed by atoms with E-state index in [9.17, 15) is 4.79 Å². The SMILES string of the molecule is CC(C)(CCc1ccc(Cl)cc1)N1CC2=C(C1)C(C(=O)N1CCNCC1)=CCC2. The van der Waals surface area contributed by atoms with Crippen molar-refractivity contribution in [2.45, 2.75) is 45.1 Å². The topological polar surface area (TPSA) is 35.6 Å². The number of amides is 1. The summed E-state index contributed by atoms with van der Waals surface area (Å²) in [4.78, 5) is 17.7. The monoisotopic (exact) mass is 413 g/mol. The van der Waals surface area contributed by atoms with E-state index in [0.29, 0.717) is 0 Å². The minimum absolute atomic E-state index is 0.0835. The van der Waals surface area contributed by atoms with Crippen LogP contribution in [0.3, 0.4) is 0 Å². The van der Waals surface area contributed by atoms with Crippen LogP contribution >= 0.6 is 11.6 Å². The summed E-state index contributed by atoms with van der Waals surface area (Å²) in [6.07, 6.45) is 6.39. The molecule has 2 aliphatic heterocycles. The summed E-state index contributed by atoms with van der Waals surface area (Å²) < 4.78 is 0. The minimum Gasteiger partial charge on any atom is -0.336 e. The van der Waals surface area contributed by atoms with Gasteiger partial charge in [0.2, 0.25) is 0 Å². The first-order valence-corrected chi connectivity index (χ1v) is 11.2. The predicted molar refractivity (Wildman–Crippen MR) is 119 cm³/mol. The summed E-state index contributed by atoms with van der Waals surface area (Å²) in [6.45, 7) is 9.99. The van der Waals surface area contributed by atoms with Gasteiger partial charge in [0.15, 0.2) is 0 Å². The zero-order chi connectivity index (χ0) is 20.4. The molecular weight excluding hydrogens is 382 g/mol. The Morgan fingerprint density at radius 3 is 2.59 bits per heavy atom. The molecule has 1 aromatic rings. The first kappa shape index (κ1) is 20.6. The number of aryl methyl sites for hydroxylation is 1. The van der Waals surface area contributed by atoms with Crippen LogP contribution < -0.4 is 5.32 Å². The normalized spacial score (nSPS) is 20.7. The molecule has 0 spiro atoms. The van der Waals surface area contributed by atoms with E-state index in [0.717, 1.165) is 75.5 Å². The molecule has 0 unspecified atom stereocenters.